The fourth-order valence-corrected chi connectivity index (χ4v) is 3.82. The number of halogens is 1. The SMILES string of the molecule is O=C(CCn1cnc2c(cnn2-c2ccc(F)cc2)c1=O)NC1CCCCCC1. The van der Waals surface area contributed by atoms with Gasteiger partial charge in [0, 0.05) is 19.0 Å². The van der Waals surface area contributed by atoms with Gasteiger partial charge < -0.3 is 5.32 Å². The molecule has 0 saturated heterocycles. The van der Waals surface area contributed by atoms with Crippen molar-refractivity contribution in [1.29, 1.82) is 0 Å². The second-order valence-electron chi connectivity index (χ2n) is 7.52. The summed E-state index contributed by atoms with van der Waals surface area (Å²) in [5, 5.41) is 7.67. The molecule has 8 heteroatoms. The van der Waals surface area contributed by atoms with E-state index < -0.39 is 0 Å². The highest BCUT2D eigenvalue weighted by atomic mass is 19.1. The molecule has 0 spiro atoms. The monoisotopic (exact) mass is 397 g/mol. The predicted octanol–water partition coefficient (Wildman–Crippen LogP) is 2.95. The smallest absolute Gasteiger partial charge is 0.264 e. The number of carbonyl (C=O) groups excluding carboxylic acids is 1. The molecule has 0 atom stereocenters. The number of hydrogen-bond donors (Lipinski definition) is 1. The zero-order valence-corrected chi connectivity index (χ0v) is 16.2. The third-order valence-electron chi connectivity index (χ3n) is 5.43. The molecule has 1 N–H and O–H groups in total. The van der Waals surface area contributed by atoms with Crippen molar-refractivity contribution in [3.63, 3.8) is 0 Å². The summed E-state index contributed by atoms with van der Waals surface area (Å²) in [7, 11) is 0. The van der Waals surface area contributed by atoms with E-state index in [9.17, 15) is 14.0 Å². The standard InChI is InChI=1S/C21H24FN5O2/c22-15-7-9-17(10-8-15)27-20-18(13-24-27)21(29)26(14-23-20)12-11-19(28)25-16-5-3-1-2-4-6-16/h7-10,13-14,16H,1-6,11-12H2,(H,25,28). The number of aromatic nitrogens is 4. The van der Waals surface area contributed by atoms with Gasteiger partial charge in [-0.25, -0.2) is 14.1 Å². The van der Waals surface area contributed by atoms with Crippen molar-refractivity contribution in [1.82, 2.24) is 24.6 Å². The number of aryl methyl sites for hydroxylation is 1. The van der Waals surface area contributed by atoms with Crippen molar-refractivity contribution in [3.05, 3.63) is 53.0 Å². The lowest BCUT2D eigenvalue weighted by Gasteiger charge is -2.16. The van der Waals surface area contributed by atoms with Gasteiger partial charge in [0.25, 0.3) is 5.56 Å². The Labute approximate surface area is 167 Å². The Bertz CT molecular complexity index is 1050. The zero-order valence-electron chi connectivity index (χ0n) is 16.2. The molecule has 0 bridgehead atoms. The average molecular weight is 397 g/mol. The molecule has 2 heterocycles. The lowest BCUT2D eigenvalue weighted by atomic mass is 10.1. The molecule has 1 aromatic carbocycles. The summed E-state index contributed by atoms with van der Waals surface area (Å²) in [6, 6.07) is 6.06. The summed E-state index contributed by atoms with van der Waals surface area (Å²) in [5.74, 6) is -0.381. The van der Waals surface area contributed by atoms with Gasteiger partial charge in [-0.15, -0.1) is 0 Å². The highest BCUT2D eigenvalue weighted by Gasteiger charge is 2.16. The van der Waals surface area contributed by atoms with Crippen LogP contribution in [0.2, 0.25) is 0 Å². The molecule has 0 aliphatic heterocycles. The third-order valence-corrected chi connectivity index (χ3v) is 5.43. The highest BCUT2D eigenvalue weighted by molar-refractivity contribution is 5.76. The van der Waals surface area contributed by atoms with E-state index in [4.69, 9.17) is 0 Å². The lowest BCUT2D eigenvalue weighted by molar-refractivity contribution is -0.122. The summed E-state index contributed by atoms with van der Waals surface area (Å²) in [6.45, 7) is 0.266. The number of hydrogen-bond acceptors (Lipinski definition) is 4. The van der Waals surface area contributed by atoms with Gasteiger partial charge in [-0.05, 0) is 37.1 Å². The molecule has 0 unspecified atom stereocenters. The van der Waals surface area contributed by atoms with Crippen LogP contribution in [0.1, 0.15) is 44.9 Å². The van der Waals surface area contributed by atoms with Gasteiger partial charge >= 0.3 is 0 Å². The van der Waals surface area contributed by atoms with Crippen molar-refractivity contribution in [3.8, 4) is 5.69 Å². The summed E-state index contributed by atoms with van der Waals surface area (Å²) in [6.07, 6.45) is 9.96. The first-order chi connectivity index (χ1) is 14.1. The fourth-order valence-electron chi connectivity index (χ4n) is 3.82. The van der Waals surface area contributed by atoms with E-state index in [1.807, 2.05) is 0 Å². The Morgan fingerprint density at radius 1 is 1.14 bits per heavy atom. The summed E-state index contributed by atoms with van der Waals surface area (Å²) in [4.78, 5) is 29.4. The number of rotatable bonds is 5. The van der Waals surface area contributed by atoms with E-state index in [1.54, 1.807) is 12.1 Å². The van der Waals surface area contributed by atoms with Gasteiger partial charge in [-0.3, -0.25) is 14.2 Å². The Kier molecular flexibility index (Phi) is 5.69. The van der Waals surface area contributed by atoms with Gasteiger partial charge in [-0.1, -0.05) is 25.7 Å². The molecule has 29 heavy (non-hydrogen) atoms. The summed E-state index contributed by atoms with van der Waals surface area (Å²) in [5.41, 5.74) is 0.778. The van der Waals surface area contributed by atoms with Crippen LogP contribution in [0.4, 0.5) is 4.39 Å². The number of nitrogens with zero attached hydrogens (tertiary/aromatic N) is 4. The third kappa shape index (κ3) is 4.36. The van der Waals surface area contributed by atoms with Crippen LogP contribution in [0, 0.1) is 5.82 Å². The maximum Gasteiger partial charge on any atom is 0.264 e. The van der Waals surface area contributed by atoms with Crippen LogP contribution >= 0.6 is 0 Å². The van der Waals surface area contributed by atoms with Crippen molar-refractivity contribution in [2.75, 3.05) is 0 Å². The van der Waals surface area contributed by atoms with Crippen LogP contribution in [0.15, 0.2) is 41.6 Å². The van der Waals surface area contributed by atoms with Crippen LogP contribution in [-0.2, 0) is 11.3 Å². The predicted molar refractivity (Wildman–Crippen MR) is 107 cm³/mol. The van der Waals surface area contributed by atoms with Gasteiger partial charge in [0.2, 0.25) is 5.91 Å². The maximum absolute atomic E-state index is 13.1. The summed E-state index contributed by atoms with van der Waals surface area (Å²) >= 11 is 0. The van der Waals surface area contributed by atoms with Crippen LogP contribution in [0.25, 0.3) is 16.7 Å². The first-order valence-corrected chi connectivity index (χ1v) is 10.1. The van der Waals surface area contributed by atoms with E-state index in [1.165, 1.54) is 46.7 Å². The lowest BCUT2D eigenvalue weighted by Crippen LogP contribution is -2.35. The molecule has 1 aliphatic rings. The number of amides is 1. The minimum Gasteiger partial charge on any atom is -0.353 e. The van der Waals surface area contributed by atoms with Gasteiger partial charge in [0.05, 0.1) is 18.2 Å². The Morgan fingerprint density at radius 2 is 1.86 bits per heavy atom. The van der Waals surface area contributed by atoms with E-state index >= 15 is 0 Å². The van der Waals surface area contributed by atoms with Gasteiger partial charge in [-0.2, -0.15) is 5.10 Å². The average Bonchev–Trinajstić information content (AvgIpc) is 2.99. The fraction of sp³-hybridized carbons (Fsp3) is 0.429. The molecule has 1 fully saturated rings. The molecule has 7 nitrogen and oxygen atoms in total. The second-order valence-corrected chi connectivity index (χ2v) is 7.52. The molecular weight excluding hydrogens is 373 g/mol. The first-order valence-electron chi connectivity index (χ1n) is 10.1. The normalized spacial score (nSPS) is 15.3. The Balaban J connectivity index is 1.46. The Hall–Kier alpha value is -3.03. The maximum atomic E-state index is 13.1. The molecule has 1 amide bonds. The minimum absolute atomic E-state index is 0.0362. The minimum atomic E-state index is -0.345. The molecule has 3 aromatic rings. The number of carbonyl (C=O) groups is 1. The molecule has 1 aliphatic carbocycles. The van der Waals surface area contributed by atoms with Gasteiger partial charge in [0.15, 0.2) is 5.65 Å². The first kappa shape index (κ1) is 19.3. The van der Waals surface area contributed by atoms with E-state index in [0.717, 1.165) is 25.7 Å². The van der Waals surface area contributed by atoms with Crippen molar-refractivity contribution in [2.45, 2.75) is 57.5 Å². The van der Waals surface area contributed by atoms with Crippen LogP contribution in [-0.4, -0.2) is 31.3 Å². The van der Waals surface area contributed by atoms with Crippen molar-refractivity contribution in [2.24, 2.45) is 0 Å². The van der Waals surface area contributed by atoms with Crippen LogP contribution in [0.3, 0.4) is 0 Å². The van der Waals surface area contributed by atoms with Crippen LogP contribution in [0.5, 0.6) is 0 Å². The molecular formula is C21H24FN5O2. The molecule has 2 aromatic heterocycles. The number of benzene rings is 1. The quantitative estimate of drug-likeness (QED) is 0.671. The Morgan fingerprint density at radius 3 is 2.59 bits per heavy atom. The second kappa shape index (κ2) is 8.55. The van der Waals surface area contributed by atoms with E-state index in [2.05, 4.69) is 15.4 Å². The van der Waals surface area contributed by atoms with E-state index in [0.29, 0.717) is 16.7 Å². The molecule has 0 radical (unpaired) electrons. The van der Waals surface area contributed by atoms with Gasteiger partial charge in [0.1, 0.15) is 11.2 Å². The zero-order chi connectivity index (χ0) is 20.2. The number of nitrogens with one attached hydrogen (secondary N) is 1. The molecule has 152 valence electrons. The largest absolute Gasteiger partial charge is 0.353 e. The van der Waals surface area contributed by atoms with Crippen molar-refractivity contribution < 1.29 is 9.18 Å². The number of fused-ring (bicyclic) bond motifs is 1. The van der Waals surface area contributed by atoms with Crippen molar-refractivity contribution >= 4 is 16.9 Å². The molecule has 1 saturated carbocycles. The van der Waals surface area contributed by atoms with Crippen LogP contribution < -0.4 is 10.9 Å². The summed E-state index contributed by atoms with van der Waals surface area (Å²) < 4.78 is 16.1. The van der Waals surface area contributed by atoms with E-state index in [-0.39, 0.29) is 36.3 Å². The highest BCUT2D eigenvalue weighted by Crippen LogP contribution is 2.17. The topological polar surface area (TPSA) is 81.8 Å². The molecule has 4 rings (SSSR count).